The van der Waals surface area contributed by atoms with E-state index in [0.29, 0.717) is 29.3 Å². The number of imidazole rings is 1. The van der Waals surface area contributed by atoms with Gasteiger partial charge in [-0.1, -0.05) is 18.2 Å². The fourth-order valence-electron chi connectivity index (χ4n) is 4.60. The number of rotatable bonds is 7. The third kappa shape index (κ3) is 4.13. The van der Waals surface area contributed by atoms with Gasteiger partial charge >= 0.3 is 0 Å². The minimum atomic E-state index is -0.868. The molecule has 0 bridgehead atoms. The van der Waals surface area contributed by atoms with Crippen LogP contribution in [0, 0.1) is 13.8 Å². The lowest BCUT2D eigenvalue weighted by atomic mass is 10.1. The van der Waals surface area contributed by atoms with Gasteiger partial charge in [-0.2, -0.15) is 4.68 Å². The fraction of sp³-hybridized carbons (Fsp3) is 0.269. The van der Waals surface area contributed by atoms with E-state index in [0.717, 1.165) is 51.2 Å². The predicted octanol–water partition coefficient (Wildman–Crippen LogP) is 3.20. The summed E-state index contributed by atoms with van der Waals surface area (Å²) in [5.74, 6) is 5.44. The number of nitrogens with one attached hydrogen (secondary N) is 1. The zero-order valence-corrected chi connectivity index (χ0v) is 21.6. The van der Waals surface area contributed by atoms with Crippen LogP contribution in [-0.2, 0) is 6.42 Å². The van der Waals surface area contributed by atoms with Crippen LogP contribution in [-0.4, -0.2) is 57.7 Å². The third-order valence-electron chi connectivity index (χ3n) is 6.38. The second-order valence-corrected chi connectivity index (χ2v) is 11.6. The maximum absolute atomic E-state index is 5.47. The SMILES string of the molecule is COc1ccc(Cc2nc(C)nn2-c2cc([Si]3C[C@@H]3c3nc4ccccc4[nH]3)nc(C)n2)cc1OC. The Morgan fingerprint density at radius 1 is 0.944 bits per heavy atom. The van der Waals surface area contributed by atoms with E-state index in [1.807, 2.05) is 54.9 Å². The number of nitrogens with zero attached hydrogens (tertiary/aromatic N) is 6. The van der Waals surface area contributed by atoms with Crippen molar-refractivity contribution in [3.63, 3.8) is 0 Å². The van der Waals surface area contributed by atoms with Gasteiger partial charge in [0.15, 0.2) is 17.3 Å². The first-order valence-corrected chi connectivity index (χ1v) is 13.6. The molecule has 6 rings (SSSR count). The van der Waals surface area contributed by atoms with Crippen molar-refractivity contribution in [2.75, 3.05) is 14.2 Å². The van der Waals surface area contributed by atoms with Crippen molar-refractivity contribution in [3.05, 3.63) is 77.4 Å². The van der Waals surface area contributed by atoms with E-state index in [1.165, 1.54) is 0 Å². The number of hydrogen-bond donors (Lipinski definition) is 1. The topological polar surface area (TPSA) is 104 Å². The molecule has 1 N–H and O–H groups in total. The number of ether oxygens (including phenoxy) is 2. The van der Waals surface area contributed by atoms with Crippen molar-refractivity contribution in [2.24, 2.45) is 0 Å². The minimum absolute atomic E-state index is 0.424. The quantitative estimate of drug-likeness (QED) is 0.345. The van der Waals surface area contributed by atoms with Gasteiger partial charge in [-0.15, -0.1) is 5.10 Å². The van der Waals surface area contributed by atoms with E-state index in [-0.39, 0.29) is 0 Å². The van der Waals surface area contributed by atoms with Crippen LogP contribution in [0.4, 0.5) is 0 Å². The van der Waals surface area contributed by atoms with E-state index in [4.69, 9.17) is 29.4 Å². The summed E-state index contributed by atoms with van der Waals surface area (Å²) in [6.45, 7) is 3.83. The number of methoxy groups -OCH3 is 2. The lowest BCUT2D eigenvalue weighted by Gasteiger charge is -2.11. The van der Waals surface area contributed by atoms with Crippen LogP contribution in [0.25, 0.3) is 16.9 Å². The monoisotopic (exact) mass is 496 g/mol. The second kappa shape index (κ2) is 8.87. The standard InChI is InChI=1S/C26H26N7O2Si/c1-15-27-24(13-25(29-15)36-14-22(36)26-30-18-7-5-6-8-19(18)31-26)33-23(28-16(2)32-33)12-17-9-10-20(34-3)21(11-17)35-4/h5-11,13,22H,12,14H2,1-4H3,(H,30,31)/t22-/m1/s1. The van der Waals surface area contributed by atoms with Crippen molar-refractivity contribution < 1.29 is 9.47 Å². The number of H-pyrrole nitrogens is 1. The van der Waals surface area contributed by atoms with E-state index >= 15 is 0 Å². The number of aromatic nitrogens is 7. The smallest absolute Gasteiger partial charge is 0.161 e. The molecule has 9 nitrogen and oxygen atoms in total. The van der Waals surface area contributed by atoms with Crippen molar-refractivity contribution in [1.29, 1.82) is 0 Å². The molecule has 2 aromatic carbocycles. The Labute approximate surface area is 210 Å². The Morgan fingerprint density at radius 2 is 1.78 bits per heavy atom. The Kier molecular flexibility index (Phi) is 5.52. The first-order chi connectivity index (χ1) is 17.5. The molecule has 181 valence electrons. The van der Waals surface area contributed by atoms with Crippen LogP contribution in [0.5, 0.6) is 11.5 Å². The van der Waals surface area contributed by atoms with Crippen LogP contribution in [0.1, 0.15) is 34.4 Å². The maximum atomic E-state index is 5.47. The second-order valence-electron chi connectivity index (χ2n) is 8.93. The molecular formula is C26H26N7O2Si. The molecule has 0 saturated carbocycles. The van der Waals surface area contributed by atoms with E-state index in [9.17, 15) is 0 Å². The van der Waals surface area contributed by atoms with Crippen LogP contribution >= 0.6 is 0 Å². The molecule has 1 aliphatic heterocycles. The highest BCUT2D eigenvalue weighted by molar-refractivity contribution is 6.83. The highest BCUT2D eigenvalue weighted by atomic mass is 28.3. The molecule has 1 radical (unpaired) electrons. The Bertz CT molecular complexity index is 1550. The zero-order chi connectivity index (χ0) is 24.8. The van der Waals surface area contributed by atoms with Crippen LogP contribution in [0.3, 0.4) is 0 Å². The average molecular weight is 497 g/mol. The molecule has 1 aliphatic rings. The third-order valence-corrected chi connectivity index (χ3v) is 8.94. The average Bonchev–Trinajstić information content (AvgIpc) is 3.43. The number of hydrogen-bond acceptors (Lipinski definition) is 7. The van der Waals surface area contributed by atoms with Gasteiger partial charge in [-0.25, -0.2) is 19.9 Å². The summed E-state index contributed by atoms with van der Waals surface area (Å²) in [6.07, 6.45) is 0.582. The number of aryl methyl sites for hydroxylation is 2. The maximum Gasteiger partial charge on any atom is 0.161 e. The zero-order valence-electron chi connectivity index (χ0n) is 20.6. The van der Waals surface area contributed by atoms with Crippen molar-refractivity contribution in [2.45, 2.75) is 31.9 Å². The Morgan fingerprint density at radius 3 is 2.58 bits per heavy atom. The minimum Gasteiger partial charge on any atom is -0.493 e. The van der Waals surface area contributed by atoms with Gasteiger partial charge in [-0.05, 0) is 55.8 Å². The highest BCUT2D eigenvalue weighted by Gasteiger charge is 2.45. The van der Waals surface area contributed by atoms with Crippen LogP contribution in [0.15, 0.2) is 48.5 Å². The van der Waals surface area contributed by atoms with Gasteiger partial charge < -0.3 is 14.5 Å². The van der Waals surface area contributed by atoms with Gasteiger partial charge in [0.05, 0.1) is 25.3 Å². The molecule has 1 saturated heterocycles. The van der Waals surface area contributed by atoms with Crippen molar-refractivity contribution in [1.82, 2.24) is 34.7 Å². The van der Waals surface area contributed by atoms with E-state index < -0.39 is 8.80 Å². The summed E-state index contributed by atoms with van der Waals surface area (Å²) in [4.78, 5) is 22.6. The van der Waals surface area contributed by atoms with Crippen LogP contribution < -0.4 is 14.8 Å². The molecule has 0 unspecified atom stereocenters. The molecule has 0 amide bonds. The molecule has 0 spiro atoms. The Hall–Kier alpha value is -4.05. The fourth-order valence-corrected chi connectivity index (χ4v) is 7.07. The molecule has 0 aliphatic carbocycles. The molecule has 4 heterocycles. The predicted molar refractivity (Wildman–Crippen MR) is 138 cm³/mol. The van der Waals surface area contributed by atoms with E-state index in [1.54, 1.807) is 14.2 Å². The van der Waals surface area contributed by atoms with E-state index in [2.05, 4.69) is 22.2 Å². The molecule has 1 atom stereocenters. The number of para-hydroxylation sites is 2. The summed E-state index contributed by atoms with van der Waals surface area (Å²) in [7, 11) is 2.40. The molecular weight excluding hydrogens is 470 g/mol. The summed E-state index contributed by atoms with van der Waals surface area (Å²) >= 11 is 0. The largest absolute Gasteiger partial charge is 0.493 e. The Balaban J connectivity index is 1.30. The first kappa shape index (κ1) is 22.4. The summed E-state index contributed by atoms with van der Waals surface area (Å²) < 4.78 is 12.7. The molecule has 1 fully saturated rings. The molecule has 5 aromatic rings. The van der Waals surface area contributed by atoms with Gasteiger partial charge in [-0.3, -0.25) is 0 Å². The van der Waals surface area contributed by atoms with Gasteiger partial charge in [0.2, 0.25) is 0 Å². The van der Waals surface area contributed by atoms with Crippen LogP contribution in [0.2, 0.25) is 6.04 Å². The lowest BCUT2D eigenvalue weighted by molar-refractivity contribution is 0.354. The lowest BCUT2D eigenvalue weighted by Crippen LogP contribution is -2.25. The van der Waals surface area contributed by atoms with Crippen molar-refractivity contribution in [3.8, 4) is 17.3 Å². The summed E-state index contributed by atoms with van der Waals surface area (Å²) in [5.41, 5.74) is 3.57. The normalized spacial score (nSPS) is 15.4. The highest BCUT2D eigenvalue weighted by Crippen LogP contribution is 2.39. The first-order valence-electron chi connectivity index (χ1n) is 11.8. The van der Waals surface area contributed by atoms with Gasteiger partial charge in [0.1, 0.15) is 32.1 Å². The number of aromatic amines is 1. The number of benzene rings is 2. The number of fused-ring (bicyclic) bond motifs is 1. The molecule has 36 heavy (non-hydrogen) atoms. The molecule has 3 aromatic heterocycles. The van der Waals surface area contributed by atoms with Crippen molar-refractivity contribution >= 4 is 25.1 Å². The molecule has 10 heteroatoms. The van der Waals surface area contributed by atoms with Gasteiger partial charge in [0, 0.05) is 17.3 Å². The summed E-state index contributed by atoms with van der Waals surface area (Å²) in [6, 6.07) is 17.2. The van der Waals surface area contributed by atoms with Gasteiger partial charge in [0.25, 0.3) is 0 Å². The summed E-state index contributed by atoms with van der Waals surface area (Å²) in [5, 5.41) is 5.78.